The maximum atomic E-state index is 13.2. The molecule has 4 rings (SSSR count). The molecule has 26 heavy (non-hydrogen) atoms. The summed E-state index contributed by atoms with van der Waals surface area (Å²) in [5.74, 6) is -1.38. The molecule has 0 saturated carbocycles. The number of hydrogen-bond acceptors (Lipinski definition) is 3. The van der Waals surface area contributed by atoms with Crippen molar-refractivity contribution in [2.45, 2.75) is 18.5 Å². The van der Waals surface area contributed by atoms with Gasteiger partial charge in [-0.1, -0.05) is 48.5 Å². The Labute approximate surface area is 150 Å². The number of carboxylic acid groups (broad SMARTS) is 1. The molecule has 0 fully saturated rings. The number of nitrogens with zero attached hydrogens (tertiary/aromatic N) is 1. The molecule has 5 nitrogen and oxygen atoms in total. The molecule has 0 bridgehead atoms. The topological polar surface area (TPSA) is 70.8 Å². The summed E-state index contributed by atoms with van der Waals surface area (Å²) in [6.07, 6.45) is 1.55. The van der Waals surface area contributed by atoms with Crippen LogP contribution in [0.3, 0.4) is 0 Å². The van der Waals surface area contributed by atoms with E-state index in [1.54, 1.807) is 47.6 Å². The molecule has 2 heterocycles. The van der Waals surface area contributed by atoms with Crippen molar-refractivity contribution in [3.05, 3.63) is 95.4 Å². The van der Waals surface area contributed by atoms with Gasteiger partial charge in [0.15, 0.2) is 0 Å². The third kappa shape index (κ3) is 2.67. The van der Waals surface area contributed by atoms with Crippen molar-refractivity contribution < 1.29 is 19.1 Å². The van der Waals surface area contributed by atoms with Crippen LogP contribution in [0.4, 0.5) is 0 Å². The molecular weight excluding hydrogens is 330 g/mol. The fraction of sp³-hybridized carbons (Fsp3) is 0.143. The molecule has 3 aromatic rings. The largest absolute Gasteiger partial charge is 0.481 e. The van der Waals surface area contributed by atoms with Gasteiger partial charge >= 0.3 is 5.97 Å². The molecule has 0 radical (unpaired) electrons. The molecule has 0 saturated heterocycles. The van der Waals surface area contributed by atoms with Gasteiger partial charge in [0.25, 0.3) is 5.91 Å². The normalized spacial score (nSPS) is 19.2. The lowest BCUT2D eigenvalue weighted by Gasteiger charge is -2.40. The van der Waals surface area contributed by atoms with E-state index < -0.39 is 17.9 Å². The molecular formula is C21H17NO4. The monoisotopic (exact) mass is 347 g/mol. The summed E-state index contributed by atoms with van der Waals surface area (Å²) < 4.78 is 5.41. The molecule has 1 aliphatic heterocycles. The Morgan fingerprint density at radius 3 is 2.42 bits per heavy atom. The highest BCUT2D eigenvalue weighted by molar-refractivity contribution is 6.00. The van der Waals surface area contributed by atoms with Crippen LogP contribution in [0.1, 0.15) is 39.2 Å². The average molecular weight is 347 g/mol. The minimum Gasteiger partial charge on any atom is -0.481 e. The van der Waals surface area contributed by atoms with Crippen molar-refractivity contribution in [3.8, 4) is 0 Å². The standard InChI is InChI=1S/C21H17NO4/c23-20-17-11-5-4-10-16(17)18(21(24)25)19(14-7-2-1-3-8-14)22(20)13-15-9-6-12-26-15/h1-12,18-19H,13H2,(H,24,25)/t18-,19+/m1/s1. The van der Waals surface area contributed by atoms with Gasteiger partial charge in [0, 0.05) is 5.56 Å². The first-order valence-electron chi connectivity index (χ1n) is 8.37. The molecule has 2 atom stereocenters. The van der Waals surface area contributed by atoms with Gasteiger partial charge in [-0.2, -0.15) is 0 Å². The third-order valence-corrected chi connectivity index (χ3v) is 4.75. The summed E-state index contributed by atoms with van der Waals surface area (Å²) in [6, 6.07) is 19.2. The highest BCUT2D eigenvalue weighted by atomic mass is 16.4. The smallest absolute Gasteiger partial charge is 0.313 e. The van der Waals surface area contributed by atoms with E-state index in [1.807, 2.05) is 30.3 Å². The number of carbonyl (C=O) groups excluding carboxylic acids is 1. The number of aliphatic carboxylic acids is 1. The van der Waals surface area contributed by atoms with Crippen LogP contribution in [-0.4, -0.2) is 21.9 Å². The lowest BCUT2D eigenvalue weighted by atomic mass is 9.79. The Kier molecular flexibility index (Phi) is 4.05. The number of carboxylic acids is 1. The van der Waals surface area contributed by atoms with E-state index in [-0.39, 0.29) is 12.5 Å². The molecule has 2 aromatic carbocycles. The van der Waals surface area contributed by atoms with Crippen LogP contribution in [0, 0.1) is 0 Å². The molecule has 1 amide bonds. The molecule has 0 spiro atoms. The van der Waals surface area contributed by atoms with Crippen molar-refractivity contribution in [1.29, 1.82) is 0 Å². The predicted molar refractivity (Wildman–Crippen MR) is 94.6 cm³/mol. The quantitative estimate of drug-likeness (QED) is 0.778. The lowest BCUT2D eigenvalue weighted by molar-refractivity contribution is -0.140. The molecule has 1 aromatic heterocycles. The van der Waals surface area contributed by atoms with E-state index in [4.69, 9.17) is 4.42 Å². The van der Waals surface area contributed by atoms with Crippen molar-refractivity contribution >= 4 is 11.9 Å². The Hall–Kier alpha value is -3.34. The van der Waals surface area contributed by atoms with E-state index >= 15 is 0 Å². The van der Waals surface area contributed by atoms with E-state index in [9.17, 15) is 14.7 Å². The molecule has 1 N–H and O–H groups in total. The highest BCUT2D eigenvalue weighted by Crippen LogP contribution is 2.43. The molecule has 5 heteroatoms. The Morgan fingerprint density at radius 2 is 1.73 bits per heavy atom. The fourth-order valence-corrected chi connectivity index (χ4v) is 3.63. The zero-order chi connectivity index (χ0) is 18.1. The summed E-state index contributed by atoms with van der Waals surface area (Å²) in [5.41, 5.74) is 1.77. The number of hydrogen-bond donors (Lipinski definition) is 1. The van der Waals surface area contributed by atoms with Gasteiger partial charge in [-0.15, -0.1) is 0 Å². The van der Waals surface area contributed by atoms with E-state index in [2.05, 4.69) is 0 Å². The van der Waals surface area contributed by atoms with Gasteiger partial charge in [-0.05, 0) is 29.3 Å². The van der Waals surface area contributed by atoms with E-state index in [0.29, 0.717) is 16.9 Å². The molecule has 130 valence electrons. The van der Waals surface area contributed by atoms with E-state index in [1.165, 1.54) is 0 Å². The van der Waals surface area contributed by atoms with Gasteiger partial charge in [0.05, 0.1) is 18.8 Å². The predicted octanol–water partition coefficient (Wildman–Crippen LogP) is 3.85. The molecule has 0 aliphatic carbocycles. The van der Waals surface area contributed by atoms with Gasteiger partial charge in [0.2, 0.25) is 0 Å². The number of carbonyl (C=O) groups is 2. The fourth-order valence-electron chi connectivity index (χ4n) is 3.63. The zero-order valence-corrected chi connectivity index (χ0v) is 13.9. The Bertz CT molecular complexity index is 934. The van der Waals surface area contributed by atoms with Gasteiger partial charge < -0.3 is 14.4 Å². The van der Waals surface area contributed by atoms with E-state index in [0.717, 1.165) is 5.56 Å². The Balaban J connectivity index is 1.89. The van der Waals surface area contributed by atoms with Crippen molar-refractivity contribution in [2.24, 2.45) is 0 Å². The van der Waals surface area contributed by atoms with Crippen LogP contribution in [-0.2, 0) is 11.3 Å². The number of fused-ring (bicyclic) bond motifs is 1. The van der Waals surface area contributed by atoms with Crippen LogP contribution in [0.5, 0.6) is 0 Å². The second-order valence-electron chi connectivity index (χ2n) is 6.27. The summed E-state index contributed by atoms with van der Waals surface area (Å²) in [5, 5.41) is 9.99. The van der Waals surface area contributed by atoms with Crippen molar-refractivity contribution in [2.75, 3.05) is 0 Å². The first kappa shape index (κ1) is 16.1. The van der Waals surface area contributed by atoms with Gasteiger partial charge in [0.1, 0.15) is 11.7 Å². The SMILES string of the molecule is O=C(O)[C@@H]1c2ccccc2C(=O)N(Cc2ccco2)[C@H]1c1ccccc1. The van der Waals surface area contributed by atoms with Gasteiger partial charge in [-0.3, -0.25) is 9.59 Å². The number of amides is 1. The highest BCUT2D eigenvalue weighted by Gasteiger charge is 2.44. The van der Waals surface area contributed by atoms with Crippen LogP contribution in [0.2, 0.25) is 0 Å². The molecule has 0 unspecified atom stereocenters. The minimum absolute atomic E-state index is 0.191. The van der Waals surface area contributed by atoms with Crippen LogP contribution in [0.25, 0.3) is 0 Å². The van der Waals surface area contributed by atoms with Crippen molar-refractivity contribution in [1.82, 2.24) is 4.90 Å². The maximum absolute atomic E-state index is 13.2. The summed E-state index contributed by atoms with van der Waals surface area (Å²) in [6.45, 7) is 0.212. The molecule has 1 aliphatic rings. The zero-order valence-electron chi connectivity index (χ0n) is 13.9. The Morgan fingerprint density at radius 1 is 1.00 bits per heavy atom. The van der Waals surface area contributed by atoms with Crippen LogP contribution < -0.4 is 0 Å². The summed E-state index contributed by atoms with van der Waals surface area (Å²) in [4.78, 5) is 27.0. The number of furan rings is 1. The summed E-state index contributed by atoms with van der Waals surface area (Å²) in [7, 11) is 0. The number of benzene rings is 2. The first-order valence-corrected chi connectivity index (χ1v) is 8.37. The minimum atomic E-state index is -0.955. The first-order chi connectivity index (χ1) is 12.7. The second kappa shape index (κ2) is 6.52. The lowest BCUT2D eigenvalue weighted by Crippen LogP contribution is -2.44. The third-order valence-electron chi connectivity index (χ3n) is 4.75. The maximum Gasteiger partial charge on any atom is 0.313 e. The number of rotatable bonds is 4. The van der Waals surface area contributed by atoms with Crippen LogP contribution in [0.15, 0.2) is 77.4 Å². The average Bonchev–Trinajstić information content (AvgIpc) is 3.17. The van der Waals surface area contributed by atoms with Crippen molar-refractivity contribution in [3.63, 3.8) is 0 Å². The second-order valence-corrected chi connectivity index (χ2v) is 6.27. The van der Waals surface area contributed by atoms with Gasteiger partial charge in [-0.25, -0.2) is 0 Å². The summed E-state index contributed by atoms with van der Waals surface area (Å²) >= 11 is 0. The van der Waals surface area contributed by atoms with Crippen LogP contribution >= 0.6 is 0 Å².